The maximum Gasteiger partial charge on any atom is 0.269 e. The molecular formula is C9H11NO5. The molecular weight excluding hydrogens is 202 g/mol. The van der Waals surface area contributed by atoms with E-state index >= 15 is 0 Å². The summed E-state index contributed by atoms with van der Waals surface area (Å²) in [5, 5.41) is 19.1. The molecule has 0 spiro atoms. The fourth-order valence-electron chi connectivity index (χ4n) is 0.958. The van der Waals surface area contributed by atoms with Gasteiger partial charge < -0.3 is 14.6 Å². The predicted molar refractivity (Wildman–Crippen MR) is 51.6 cm³/mol. The molecule has 0 radical (unpaired) electrons. The van der Waals surface area contributed by atoms with Crippen molar-refractivity contribution in [3.05, 3.63) is 34.4 Å². The predicted octanol–water partition coefficient (Wildman–Crippen LogP) is 0.938. The number of hydrogen-bond donors (Lipinski definition) is 1. The van der Waals surface area contributed by atoms with Crippen molar-refractivity contribution in [1.82, 2.24) is 0 Å². The van der Waals surface area contributed by atoms with E-state index in [9.17, 15) is 10.1 Å². The van der Waals surface area contributed by atoms with Gasteiger partial charge >= 0.3 is 0 Å². The molecule has 0 aliphatic rings. The zero-order chi connectivity index (χ0) is 11.3. The van der Waals surface area contributed by atoms with Crippen LogP contribution in [-0.4, -0.2) is 30.0 Å². The monoisotopic (exact) mass is 213 g/mol. The Balaban J connectivity index is 2.67. The lowest BCUT2D eigenvalue weighted by Gasteiger charge is -2.14. The van der Waals surface area contributed by atoms with E-state index in [1.165, 1.54) is 31.4 Å². The Kier molecular flexibility index (Phi) is 4.02. The quantitative estimate of drug-likeness (QED) is 0.447. The minimum Gasteiger partial charge on any atom is -0.462 e. The molecule has 82 valence electrons. The van der Waals surface area contributed by atoms with Crippen LogP contribution in [0.15, 0.2) is 24.3 Å². The summed E-state index contributed by atoms with van der Waals surface area (Å²) in [5.74, 6) is 0.404. The molecule has 0 saturated heterocycles. The molecule has 0 fully saturated rings. The van der Waals surface area contributed by atoms with Crippen LogP contribution < -0.4 is 4.74 Å². The Labute approximate surface area is 86.2 Å². The second-order valence-corrected chi connectivity index (χ2v) is 2.72. The number of ether oxygens (including phenoxy) is 2. The number of non-ortho nitro benzene ring substituents is 1. The van der Waals surface area contributed by atoms with Gasteiger partial charge in [-0.25, -0.2) is 0 Å². The molecule has 1 aromatic rings. The first kappa shape index (κ1) is 11.4. The standard InChI is InChI=1S/C9H11NO5/c1-14-9(6-11)15-8-4-2-7(3-5-8)10(12)13/h2-5,9,11H,6H2,1H3. The summed E-state index contributed by atoms with van der Waals surface area (Å²) >= 11 is 0. The first-order valence-corrected chi connectivity index (χ1v) is 4.22. The largest absolute Gasteiger partial charge is 0.462 e. The summed E-state index contributed by atoms with van der Waals surface area (Å²) in [6, 6.07) is 5.53. The number of methoxy groups -OCH3 is 1. The van der Waals surface area contributed by atoms with Crippen LogP contribution in [0.25, 0.3) is 0 Å². The Morgan fingerprint density at radius 3 is 2.47 bits per heavy atom. The zero-order valence-corrected chi connectivity index (χ0v) is 8.12. The molecule has 1 aromatic carbocycles. The maximum absolute atomic E-state index is 10.3. The van der Waals surface area contributed by atoms with Crippen molar-refractivity contribution in [3.63, 3.8) is 0 Å². The smallest absolute Gasteiger partial charge is 0.269 e. The third-order valence-corrected chi connectivity index (χ3v) is 1.73. The molecule has 0 aliphatic heterocycles. The van der Waals surface area contributed by atoms with E-state index < -0.39 is 11.2 Å². The van der Waals surface area contributed by atoms with E-state index in [1.807, 2.05) is 0 Å². The third-order valence-electron chi connectivity index (χ3n) is 1.73. The van der Waals surface area contributed by atoms with E-state index in [1.54, 1.807) is 0 Å². The second kappa shape index (κ2) is 5.28. The summed E-state index contributed by atoms with van der Waals surface area (Å²) in [6.07, 6.45) is -0.758. The van der Waals surface area contributed by atoms with Crippen LogP contribution >= 0.6 is 0 Å². The van der Waals surface area contributed by atoms with Gasteiger partial charge in [0.1, 0.15) is 12.4 Å². The molecule has 6 nitrogen and oxygen atoms in total. The highest BCUT2D eigenvalue weighted by Crippen LogP contribution is 2.18. The number of rotatable bonds is 5. The molecule has 15 heavy (non-hydrogen) atoms. The minimum atomic E-state index is -0.758. The molecule has 0 amide bonds. The van der Waals surface area contributed by atoms with Crippen molar-refractivity contribution >= 4 is 5.69 Å². The van der Waals surface area contributed by atoms with E-state index in [0.717, 1.165) is 0 Å². The summed E-state index contributed by atoms with van der Waals surface area (Å²) in [7, 11) is 1.40. The normalized spacial score (nSPS) is 12.1. The lowest BCUT2D eigenvalue weighted by molar-refractivity contribution is -0.384. The second-order valence-electron chi connectivity index (χ2n) is 2.72. The number of aliphatic hydroxyl groups excluding tert-OH is 1. The molecule has 0 heterocycles. The van der Waals surface area contributed by atoms with Gasteiger partial charge in [0, 0.05) is 19.2 Å². The average Bonchev–Trinajstić information content (AvgIpc) is 2.26. The highest BCUT2D eigenvalue weighted by molar-refractivity contribution is 5.35. The van der Waals surface area contributed by atoms with Gasteiger partial charge in [0.25, 0.3) is 5.69 Å². The van der Waals surface area contributed by atoms with E-state index in [2.05, 4.69) is 0 Å². The van der Waals surface area contributed by atoms with Crippen molar-refractivity contribution < 1.29 is 19.5 Å². The number of benzene rings is 1. The van der Waals surface area contributed by atoms with Gasteiger partial charge in [-0.1, -0.05) is 0 Å². The van der Waals surface area contributed by atoms with Crippen LogP contribution in [0.5, 0.6) is 5.75 Å². The Hall–Kier alpha value is -1.66. The van der Waals surface area contributed by atoms with Crippen LogP contribution in [0.3, 0.4) is 0 Å². The Bertz CT molecular complexity index is 320. The van der Waals surface area contributed by atoms with Crippen molar-refractivity contribution in [2.45, 2.75) is 6.29 Å². The number of hydrogen-bond acceptors (Lipinski definition) is 5. The first-order chi connectivity index (χ1) is 7.17. The van der Waals surface area contributed by atoms with Gasteiger partial charge in [0.2, 0.25) is 6.29 Å². The summed E-state index contributed by atoms with van der Waals surface area (Å²) < 4.78 is 9.93. The molecule has 0 saturated carbocycles. The lowest BCUT2D eigenvalue weighted by Crippen LogP contribution is -2.22. The highest BCUT2D eigenvalue weighted by atomic mass is 16.7. The number of nitro benzene ring substituents is 1. The van der Waals surface area contributed by atoms with Crippen LogP contribution in [0.1, 0.15) is 0 Å². The van der Waals surface area contributed by atoms with Crippen LogP contribution in [0.4, 0.5) is 5.69 Å². The number of nitrogens with zero attached hydrogens (tertiary/aromatic N) is 1. The molecule has 0 aliphatic carbocycles. The van der Waals surface area contributed by atoms with Crippen LogP contribution in [0.2, 0.25) is 0 Å². The zero-order valence-electron chi connectivity index (χ0n) is 8.12. The first-order valence-electron chi connectivity index (χ1n) is 4.22. The average molecular weight is 213 g/mol. The Morgan fingerprint density at radius 1 is 1.47 bits per heavy atom. The lowest BCUT2D eigenvalue weighted by atomic mass is 10.3. The SMILES string of the molecule is COC(CO)Oc1ccc([N+](=O)[O-])cc1. The van der Waals surface area contributed by atoms with E-state index in [0.29, 0.717) is 5.75 Å². The topological polar surface area (TPSA) is 81.8 Å². The summed E-state index contributed by atoms with van der Waals surface area (Å²) in [5.41, 5.74) is -0.0136. The third kappa shape index (κ3) is 3.19. The molecule has 1 rings (SSSR count). The van der Waals surface area contributed by atoms with Gasteiger partial charge in [-0.05, 0) is 12.1 Å². The van der Waals surface area contributed by atoms with Crippen molar-refractivity contribution in [2.75, 3.05) is 13.7 Å². The van der Waals surface area contributed by atoms with Crippen molar-refractivity contribution in [2.24, 2.45) is 0 Å². The van der Waals surface area contributed by atoms with Gasteiger partial charge in [0.05, 0.1) is 4.92 Å². The molecule has 1 unspecified atom stereocenters. The molecule has 1 atom stereocenters. The van der Waals surface area contributed by atoms with Crippen molar-refractivity contribution in [1.29, 1.82) is 0 Å². The molecule has 0 aromatic heterocycles. The summed E-state index contributed by atoms with van der Waals surface area (Å²) in [4.78, 5) is 9.85. The minimum absolute atomic E-state index is 0.0136. The van der Waals surface area contributed by atoms with Gasteiger partial charge in [-0.15, -0.1) is 0 Å². The van der Waals surface area contributed by atoms with E-state index in [4.69, 9.17) is 14.6 Å². The number of aliphatic hydroxyl groups is 1. The fourth-order valence-corrected chi connectivity index (χ4v) is 0.958. The number of nitro groups is 1. The van der Waals surface area contributed by atoms with Crippen molar-refractivity contribution in [3.8, 4) is 5.75 Å². The van der Waals surface area contributed by atoms with Crippen LogP contribution in [0, 0.1) is 10.1 Å². The highest BCUT2D eigenvalue weighted by Gasteiger charge is 2.09. The van der Waals surface area contributed by atoms with Gasteiger partial charge in [-0.3, -0.25) is 10.1 Å². The maximum atomic E-state index is 10.3. The molecule has 0 bridgehead atoms. The van der Waals surface area contributed by atoms with Gasteiger partial charge in [-0.2, -0.15) is 0 Å². The van der Waals surface area contributed by atoms with Crippen LogP contribution in [-0.2, 0) is 4.74 Å². The van der Waals surface area contributed by atoms with E-state index in [-0.39, 0.29) is 12.3 Å². The van der Waals surface area contributed by atoms with Gasteiger partial charge in [0.15, 0.2) is 0 Å². The fraction of sp³-hybridized carbons (Fsp3) is 0.333. The molecule has 1 N–H and O–H groups in total. The molecule has 6 heteroatoms. The summed E-state index contributed by atoms with van der Waals surface area (Å²) in [6.45, 7) is -0.284. The Morgan fingerprint density at radius 2 is 2.07 bits per heavy atom.